The van der Waals surface area contributed by atoms with Gasteiger partial charge in [0.15, 0.2) is 0 Å². The minimum Gasteiger partial charge on any atom is -0.350 e. The van der Waals surface area contributed by atoms with E-state index in [2.05, 4.69) is 33.9 Å². The summed E-state index contributed by atoms with van der Waals surface area (Å²) in [7, 11) is 2.03. The monoisotopic (exact) mass is 372 g/mol. The van der Waals surface area contributed by atoms with Gasteiger partial charge in [-0.3, -0.25) is 9.69 Å². The Bertz CT molecular complexity index is 1020. The number of fused-ring (bicyclic) bond motifs is 1. The molecule has 1 amide bonds. The Kier molecular flexibility index (Phi) is 5.14. The number of aromatic nitrogens is 1. The van der Waals surface area contributed by atoms with Gasteiger partial charge in [-0.2, -0.15) is 5.26 Å². The maximum Gasteiger partial charge on any atom is 0.227 e. The molecule has 2 aromatic carbocycles. The number of nitriles is 1. The van der Waals surface area contributed by atoms with Crippen LogP contribution in [-0.2, 0) is 24.8 Å². The third-order valence-electron chi connectivity index (χ3n) is 5.54. The van der Waals surface area contributed by atoms with Gasteiger partial charge in [-0.25, -0.2) is 0 Å². The zero-order valence-electron chi connectivity index (χ0n) is 16.1. The summed E-state index contributed by atoms with van der Waals surface area (Å²) in [6.45, 7) is 4.14. The van der Waals surface area contributed by atoms with Crippen molar-refractivity contribution < 1.29 is 4.79 Å². The summed E-state index contributed by atoms with van der Waals surface area (Å²) in [5, 5.41) is 10.1. The zero-order valence-corrected chi connectivity index (χ0v) is 16.1. The number of carbonyl (C=O) groups is 1. The fourth-order valence-electron chi connectivity index (χ4n) is 3.94. The van der Waals surface area contributed by atoms with E-state index in [1.54, 1.807) is 0 Å². The van der Waals surface area contributed by atoms with E-state index in [0.717, 1.165) is 49.2 Å². The highest BCUT2D eigenvalue weighted by Gasteiger charge is 2.22. The van der Waals surface area contributed by atoms with Crippen LogP contribution in [0.25, 0.3) is 10.9 Å². The number of hydrogen-bond donors (Lipinski definition) is 0. The molecule has 28 heavy (non-hydrogen) atoms. The van der Waals surface area contributed by atoms with Gasteiger partial charge in [0, 0.05) is 56.9 Å². The van der Waals surface area contributed by atoms with Gasteiger partial charge in [0.25, 0.3) is 0 Å². The lowest BCUT2D eigenvalue weighted by Crippen LogP contribution is -2.48. The molecule has 1 saturated heterocycles. The molecule has 0 N–H and O–H groups in total. The SMILES string of the molecule is Cn1cc(CC(=O)N2CCN(Cc3ccc(C#N)cc3)CC2)c2ccccc21. The third kappa shape index (κ3) is 3.78. The van der Waals surface area contributed by atoms with Crippen molar-refractivity contribution in [3.05, 3.63) is 71.4 Å². The van der Waals surface area contributed by atoms with Gasteiger partial charge < -0.3 is 9.47 Å². The van der Waals surface area contributed by atoms with Crippen molar-refractivity contribution in [3.63, 3.8) is 0 Å². The molecule has 0 radical (unpaired) electrons. The van der Waals surface area contributed by atoms with Gasteiger partial charge in [0.05, 0.1) is 18.1 Å². The van der Waals surface area contributed by atoms with E-state index < -0.39 is 0 Å². The molecule has 0 saturated carbocycles. The number of carbonyl (C=O) groups excluding carboxylic acids is 1. The lowest BCUT2D eigenvalue weighted by atomic mass is 10.1. The number of amides is 1. The van der Waals surface area contributed by atoms with Crippen LogP contribution < -0.4 is 0 Å². The summed E-state index contributed by atoms with van der Waals surface area (Å²) in [6, 6.07) is 18.1. The number of piperazine rings is 1. The summed E-state index contributed by atoms with van der Waals surface area (Å²) in [5.41, 5.74) is 4.16. The molecule has 1 aliphatic heterocycles. The van der Waals surface area contributed by atoms with Crippen LogP contribution in [0.2, 0.25) is 0 Å². The largest absolute Gasteiger partial charge is 0.350 e. The summed E-state index contributed by atoms with van der Waals surface area (Å²) >= 11 is 0. The van der Waals surface area contributed by atoms with Gasteiger partial charge in [0.1, 0.15) is 0 Å². The van der Waals surface area contributed by atoms with E-state index in [-0.39, 0.29) is 5.91 Å². The quantitative estimate of drug-likeness (QED) is 0.708. The van der Waals surface area contributed by atoms with Crippen LogP contribution in [0.1, 0.15) is 16.7 Å². The first-order valence-corrected chi connectivity index (χ1v) is 9.66. The molecule has 3 aromatic rings. The fraction of sp³-hybridized carbons (Fsp3) is 0.304. The summed E-state index contributed by atoms with van der Waals surface area (Å²) in [5.74, 6) is 0.203. The average molecular weight is 372 g/mol. The van der Waals surface area contributed by atoms with E-state index in [4.69, 9.17) is 5.26 Å². The second-order valence-corrected chi connectivity index (χ2v) is 7.42. The van der Waals surface area contributed by atoms with Crippen molar-refractivity contribution in [2.75, 3.05) is 26.2 Å². The zero-order chi connectivity index (χ0) is 19.5. The molecule has 0 atom stereocenters. The van der Waals surface area contributed by atoms with Crippen LogP contribution >= 0.6 is 0 Å². The van der Waals surface area contributed by atoms with E-state index in [1.807, 2.05) is 48.3 Å². The van der Waals surface area contributed by atoms with E-state index in [0.29, 0.717) is 12.0 Å². The number of aryl methyl sites for hydroxylation is 1. The molecule has 5 nitrogen and oxygen atoms in total. The molecule has 0 aliphatic carbocycles. The molecule has 1 aromatic heterocycles. The molecule has 0 spiro atoms. The molecular formula is C23H24N4O. The molecule has 4 rings (SSSR count). The first kappa shape index (κ1) is 18.3. The van der Waals surface area contributed by atoms with Crippen molar-refractivity contribution in [1.82, 2.24) is 14.4 Å². The predicted molar refractivity (Wildman–Crippen MR) is 110 cm³/mol. The topological polar surface area (TPSA) is 52.3 Å². The molecule has 1 fully saturated rings. The maximum absolute atomic E-state index is 12.8. The van der Waals surface area contributed by atoms with Gasteiger partial charge in [-0.15, -0.1) is 0 Å². The van der Waals surface area contributed by atoms with Gasteiger partial charge in [-0.1, -0.05) is 30.3 Å². The fourth-order valence-corrected chi connectivity index (χ4v) is 3.94. The molecule has 2 heterocycles. The minimum atomic E-state index is 0.203. The molecule has 5 heteroatoms. The van der Waals surface area contributed by atoms with Crippen molar-refractivity contribution in [3.8, 4) is 6.07 Å². The van der Waals surface area contributed by atoms with Crippen molar-refractivity contribution in [2.45, 2.75) is 13.0 Å². The standard InChI is InChI=1S/C23H24N4O/c1-25-17-20(21-4-2-3-5-22(21)25)14-23(28)27-12-10-26(11-13-27)16-19-8-6-18(15-24)7-9-19/h2-9,17H,10-14,16H2,1H3. The Balaban J connectivity index is 1.34. The van der Waals surface area contributed by atoms with Gasteiger partial charge in [-0.05, 0) is 29.3 Å². The van der Waals surface area contributed by atoms with E-state index >= 15 is 0 Å². The summed E-state index contributed by atoms with van der Waals surface area (Å²) < 4.78 is 2.09. The smallest absolute Gasteiger partial charge is 0.227 e. The van der Waals surface area contributed by atoms with Gasteiger partial charge in [0.2, 0.25) is 5.91 Å². The highest BCUT2D eigenvalue weighted by Crippen LogP contribution is 2.21. The summed E-state index contributed by atoms with van der Waals surface area (Å²) in [6.07, 6.45) is 2.53. The molecular weight excluding hydrogens is 348 g/mol. The summed E-state index contributed by atoms with van der Waals surface area (Å²) in [4.78, 5) is 17.2. The average Bonchev–Trinajstić information content (AvgIpc) is 3.05. The Morgan fingerprint density at radius 1 is 1.04 bits per heavy atom. The van der Waals surface area contributed by atoms with Crippen molar-refractivity contribution in [1.29, 1.82) is 5.26 Å². The molecule has 0 bridgehead atoms. The Hall–Kier alpha value is -3.10. The Morgan fingerprint density at radius 3 is 2.46 bits per heavy atom. The first-order valence-electron chi connectivity index (χ1n) is 9.66. The van der Waals surface area contributed by atoms with Crippen LogP contribution in [0.5, 0.6) is 0 Å². The highest BCUT2D eigenvalue weighted by molar-refractivity contribution is 5.89. The number of para-hydroxylation sites is 1. The van der Waals surface area contributed by atoms with Gasteiger partial charge >= 0.3 is 0 Å². The van der Waals surface area contributed by atoms with Crippen LogP contribution in [0.3, 0.4) is 0 Å². The van der Waals surface area contributed by atoms with E-state index in [1.165, 1.54) is 5.56 Å². The lowest BCUT2D eigenvalue weighted by molar-refractivity contribution is -0.132. The van der Waals surface area contributed by atoms with Crippen LogP contribution in [0, 0.1) is 11.3 Å². The predicted octanol–water partition coefficient (Wildman–Crippen LogP) is 2.94. The molecule has 142 valence electrons. The lowest BCUT2D eigenvalue weighted by Gasteiger charge is -2.34. The minimum absolute atomic E-state index is 0.203. The van der Waals surface area contributed by atoms with Crippen molar-refractivity contribution in [2.24, 2.45) is 7.05 Å². The van der Waals surface area contributed by atoms with Crippen LogP contribution in [0.4, 0.5) is 0 Å². The number of rotatable bonds is 4. The Morgan fingerprint density at radius 2 is 1.75 bits per heavy atom. The molecule has 1 aliphatic rings. The molecule has 0 unspecified atom stereocenters. The maximum atomic E-state index is 12.8. The number of hydrogen-bond acceptors (Lipinski definition) is 3. The van der Waals surface area contributed by atoms with E-state index in [9.17, 15) is 4.79 Å². The van der Waals surface area contributed by atoms with Crippen LogP contribution in [0.15, 0.2) is 54.7 Å². The number of benzene rings is 2. The normalized spacial score (nSPS) is 14.9. The Labute approximate surface area is 165 Å². The van der Waals surface area contributed by atoms with Crippen molar-refractivity contribution >= 4 is 16.8 Å². The number of nitrogens with zero attached hydrogens (tertiary/aromatic N) is 4. The second kappa shape index (κ2) is 7.87. The van der Waals surface area contributed by atoms with Crippen LogP contribution in [-0.4, -0.2) is 46.5 Å². The first-order chi connectivity index (χ1) is 13.6. The highest BCUT2D eigenvalue weighted by atomic mass is 16.2. The second-order valence-electron chi connectivity index (χ2n) is 7.42. The third-order valence-corrected chi connectivity index (χ3v) is 5.54.